The Hall–Kier alpha value is -0.600. The molecular formula is C18H27ClFN. The fourth-order valence-corrected chi connectivity index (χ4v) is 4.14. The van der Waals surface area contributed by atoms with Crippen LogP contribution in [0.1, 0.15) is 58.4 Å². The third-order valence-electron chi connectivity index (χ3n) is 5.34. The van der Waals surface area contributed by atoms with E-state index in [0.717, 1.165) is 37.9 Å². The van der Waals surface area contributed by atoms with Gasteiger partial charge in [0.25, 0.3) is 0 Å². The number of hydrogen-bond acceptors (Lipinski definition) is 1. The van der Waals surface area contributed by atoms with Crippen LogP contribution in [0.3, 0.4) is 0 Å². The van der Waals surface area contributed by atoms with Gasteiger partial charge in [-0.05, 0) is 42.9 Å². The Morgan fingerprint density at radius 3 is 2.43 bits per heavy atom. The van der Waals surface area contributed by atoms with Gasteiger partial charge in [0.15, 0.2) is 0 Å². The Morgan fingerprint density at radius 1 is 1.19 bits per heavy atom. The van der Waals surface area contributed by atoms with Crippen molar-refractivity contribution in [2.45, 2.75) is 58.3 Å². The Morgan fingerprint density at radius 2 is 1.86 bits per heavy atom. The molecule has 3 heteroatoms. The highest BCUT2D eigenvalue weighted by atomic mass is 35.5. The second kappa shape index (κ2) is 6.66. The number of hydrogen-bond donors (Lipinski definition) is 1. The second-order valence-corrected chi connectivity index (χ2v) is 7.03. The van der Waals surface area contributed by atoms with Crippen molar-refractivity contribution in [2.75, 3.05) is 13.1 Å². The summed E-state index contributed by atoms with van der Waals surface area (Å²) in [4.78, 5) is 0. The van der Waals surface area contributed by atoms with Crippen LogP contribution in [-0.2, 0) is 5.41 Å². The average Bonchev–Trinajstić information content (AvgIpc) is 2.45. The lowest BCUT2D eigenvalue weighted by atomic mass is 9.48. The van der Waals surface area contributed by atoms with E-state index in [9.17, 15) is 4.39 Å². The van der Waals surface area contributed by atoms with Crippen LogP contribution in [-0.4, -0.2) is 13.1 Å². The van der Waals surface area contributed by atoms with Crippen molar-refractivity contribution in [1.82, 2.24) is 5.32 Å². The summed E-state index contributed by atoms with van der Waals surface area (Å²) in [5.41, 5.74) is 1.09. The first-order valence-corrected chi connectivity index (χ1v) is 8.55. The third kappa shape index (κ3) is 3.12. The molecule has 1 saturated carbocycles. The quantitative estimate of drug-likeness (QED) is 0.672. The highest BCUT2D eigenvalue weighted by molar-refractivity contribution is 6.30. The fourth-order valence-electron chi connectivity index (χ4n) is 3.96. The standard InChI is InChI=1S/C18H27ClFN/c1-4-10-21-13-18(11-17(5-2,6-3)12-18)14-8-7-9-15(19)16(14)20/h7-9,21H,4-6,10-13H2,1-3H3. The van der Waals surface area contributed by atoms with Crippen LogP contribution in [0.5, 0.6) is 0 Å². The zero-order valence-electron chi connectivity index (χ0n) is 13.4. The maximum atomic E-state index is 14.5. The topological polar surface area (TPSA) is 12.0 Å². The van der Waals surface area contributed by atoms with E-state index in [0.29, 0.717) is 5.41 Å². The van der Waals surface area contributed by atoms with E-state index in [1.54, 1.807) is 6.07 Å². The van der Waals surface area contributed by atoms with Crippen molar-refractivity contribution in [2.24, 2.45) is 5.41 Å². The molecular weight excluding hydrogens is 285 g/mol. The fraction of sp³-hybridized carbons (Fsp3) is 0.667. The molecule has 0 saturated heterocycles. The molecule has 1 fully saturated rings. The number of rotatable bonds is 7. The molecule has 0 aromatic heterocycles. The minimum atomic E-state index is -0.224. The zero-order chi connectivity index (χ0) is 15.5. The lowest BCUT2D eigenvalue weighted by Gasteiger charge is -2.57. The summed E-state index contributed by atoms with van der Waals surface area (Å²) in [6, 6.07) is 5.43. The minimum Gasteiger partial charge on any atom is -0.316 e. The van der Waals surface area contributed by atoms with Crippen LogP contribution in [0.4, 0.5) is 4.39 Å². The SMILES string of the molecule is CCCNCC1(c2cccc(Cl)c2F)CC(CC)(CC)C1. The summed E-state index contributed by atoms with van der Waals surface area (Å²) in [7, 11) is 0. The van der Waals surface area contributed by atoms with Gasteiger partial charge in [-0.3, -0.25) is 0 Å². The molecule has 0 amide bonds. The van der Waals surface area contributed by atoms with Crippen molar-refractivity contribution >= 4 is 11.6 Å². The Labute approximate surface area is 133 Å². The molecule has 0 radical (unpaired) electrons. The van der Waals surface area contributed by atoms with E-state index < -0.39 is 0 Å². The molecule has 0 heterocycles. The van der Waals surface area contributed by atoms with Crippen molar-refractivity contribution < 1.29 is 4.39 Å². The van der Waals surface area contributed by atoms with E-state index in [1.807, 2.05) is 12.1 Å². The van der Waals surface area contributed by atoms with Crippen LogP contribution in [0.25, 0.3) is 0 Å². The predicted octanol–water partition coefficient (Wildman–Crippen LogP) is 5.32. The lowest BCUT2D eigenvalue weighted by molar-refractivity contribution is 0.0109. The van der Waals surface area contributed by atoms with Crippen LogP contribution in [0.2, 0.25) is 5.02 Å². The predicted molar refractivity (Wildman–Crippen MR) is 88.5 cm³/mol. The first-order chi connectivity index (χ1) is 10.0. The van der Waals surface area contributed by atoms with Gasteiger partial charge < -0.3 is 5.32 Å². The van der Waals surface area contributed by atoms with Gasteiger partial charge in [0.2, 0.25) is 0 Å². The first kappa shape index (κ1) is 16.8. The molecule has 21 heavy (non-hydrogen) atoms. The van der Waals surface area contributed by atoms with Gasteiger partial charge in [-0.25, -0.2) is 4.39 Å². The summed E-state index contributed by atoms with van der Waals surface area (Å²) in [5, 5.41) is 3.74. The van der Waals surface area contributed by atoms with Crippen LogP contribution >= 0.6 is 11.6 Å². The first-order valence-electron chi connectivity index (χ1n) is 8.18. The monoisotopic (exact) mass is 311 g/mol. The smallest absolute Gasteiger partial charge is 0.145 e. The van der Waals surface area contributed by atoms with Crippen molar-refractivity contribution in [1.29, 1.82) is 0 Å². The Kier molecular flexibility index (Phi) is 5.32. The highest BCUT2D eigenvalue weighted by Gasteiger charge is 2.53. The van der Waals surface area contributed by atoms with E-state index in [-0.39, 0.29) is 16.3 Å². The molecule has 1 aliphatic rings. The van der Waals surface area contributed by atoms with Crippen molar-refractivity contribution in [3.8, 4) is 0 Å². The maximum Gasteiger partial charge on any atom is 0.145 e. The second-order valence-electron chi connectivity index (χ2n) is 6.62. The number of halogens is 2. The van der Waals surface area contributed by atoms with Gasteiger partial charge in [0.1, 0.15) is 5.82 Å². The van der Waals surface area contributed by atoms with Gasteiger partial charge in [0.05, 0.1) is 5.02 Å². The molecule has 1 aliphatic carbocycles. The summed E-state index contributed by atoms with van der Waals surface area (Å²) < 4.78 is 14.5. The van der Waals surface area contributed by atoms with Crippen LogP contribution < -0.4 is 5.32 Å². The van der Waals surface area contributed by atoms with Gasteiger partial charge in [-0.2, -0.15) is 0 Å². The van der Waals surface area contributed by atoms with E-state index in [1.165, 1.54) is 12.8 Å². The van der Waals surface area contributed by atoms with Crippen LogP contribution in [0.15, 0.2) is 18.2 Å². The summed E-state index contributed by atoms with van der Waals surface area (Å²) >= 11 is 6.01. The average molecular weight is 312 g/mol. The van der Waals surface area contributed by atoms with Gasteiger partial charge in [-0.15, -0.1) is 0 Å². The molecule has 2 rings (SSSR count). The molecule has 1 aromatic carbocycles. The molecule has 118 valence electrons. The highest BCUT2D eigenvalue weighted by Crippen LogP contribution is 2.59. The van der Waals surface area contributed by atoms with E-state index >= 15 is 0 Å². The van der Waals surface area contributed by atoms with Crippen molar-refractivity contribution in [3.63, 3.8) is 0 Å². The molecule has 1 aromatic rings. The van der Waals surface area contributed by atoms with E-state index in [4.69, 9.17) is 11.6 Å². The summed E-state index contributed by atoms with van der Waals surface area (Å²) in [6.45, 7) is 8.49. The molecule has 1 nitrogen and oxygen atoms in total. The molecule has 0 bridgehead atoms. The maximum absolute atomic E-state index is 14.5. The van der Waals surface area contributed by atoms with Crippen LogP contribution in [0, 0.1) is 11.2 Å². The molecule has 0 aliphatic heterocycles. The molecule has 0 atom stereocenters. The Balaban J connectivity index is 2.28. The normalized spacial score (nSPS) is 19.3. The zero-order valence-corrected chi connectivity index (χ0v) is 14.2. The molecule has 0 spiro atoms. The number of benzene rings is 1. The molecule has 0 unspecified atom stereocenters. The summed E-state index contributed by atoms with van der Waals surface area (Å²) in [5.74, 6) is -0.224. The summed E-state index contributed by atoms with van der Waals surface area (Å²) in [6.07, 6.45) is 5.55. The molecule has 1 N–H and O–H groups in total. The number of nitrogens with one attached hydrogen (secondary N) is 1. The van der Waals surface area contributed by atoms with Gasteiger partial charge in [0, 0.05) is 12.0 Å². The van der Waals surface area contributed by atoms with E-state index in [2.05, 4.69) is 26.1 Å². The van der Waals surface area contributed by atoms with Gasteiger partial charge >= 0.3 is 0 Å². The van der Waals surface area contributed by atoms with Crippen molar-refractivity contribution in [3.05, 3.63) is 34.6 Å². The lowest BCUT2D eigenvalue weighted by Crippen LogP contribution is -2.55. The minimum absolute atomic E-state index is 0.0871. The third-order valence-corrected chi connectivity index (χ3v) is 5.63. The largest absolute Gasteiger partial charge is 0.316 e. The van der Waals surface area contributed by atoms with Gasteiger partial charge in [-0.1, -0.05) is 57.3 Å². The Bertz CT molecular complexity index is 474.